The maximum Gasteiger partial charge on any atom is 0.172 e. The monoisotopic (exact) mass is 311 g/mol. The first kappa shape index (κ1) is 12.6. The van der Waals surface area contributed by atoms with Crippen molar-refractivity contribution < 1.29 is 0 Å². The first-order chi connectivity index (χ1) is 10.2. The van der Waals surface area contributed by atoms with Crippen LogP contribution in [0.15, 0.2) is 48.5 Å². The van der Waals surface area contributed by atoms with Crippen molar-refractivity contribution in [2.75, 3.05) is 5.73 Å². The Morgan fingerprint density at radius 2 is 1.86 bits per heavy atom. The molecule has 3 nitrogen and oxygen atoms in total. The summed E-state index contributed by atoms with van der Waals surface area (Å²) in [5.74, 6) is 1.11. The van der Waals surface area contributed by atoms with Crippen molar-refractivity contribution in [2.45, 2.75) is 0 Å². The van der Waals surface area contributed by atoms with Crippen LogP contribution < -0.4 is 5.73 Å². The normalized spacial score (nSPS) is 11.3. The van der Waals surface area contributed by atoms with Gasteiger partial charge in [-0.25, -0.2) is 9.97 Å². The van der Waals surface area contributed by atoms with E-state index in [0.29, 0.717) is 16.7 Å². The van der Waals surface area contributed by atoms with E-state index < -0.39 is 0 Å². The van der Waals surface area contributed by atoms with Crippen LogP contribution in [0.3, 0.4) is 0 Å². The van der Waals surface area contributed by atoms with Crippen LogP contribution in [0.2, 0.25) is 5.02 Å². The Hall–Kier alpha value is -2.17. The molecule has 0 bridgehead atoms. The predicted molar refractivity (Wildman–Crippen MR) is 89.8 cm³/mol. The highest BCUT2D eigenvalue weighted by atomic mass is 35.5. The number of fused-ring (bicyclic) bond motifs is 2. The van der Waals surface area contributed by atoms with Gasteiger partial charge in [0.25, 0.3) is 0 Å². The van der Waals surface area contributed by atoms with E-state index in [9.17, 15) is 0 Å². The lowest BCUT2D eigenvalue weighted by atomic mass is 10.2. The van der Waals surface area contributed by atoms with E-state index in [1.54, 1.807) is 17.4 Å². The van der Waals surface area contributed by atoms with Crippen molar-refractivity contribution in [3.63, 3.8) is 0 Å². The molecule has 0 amide bonds. The van der Waals surface area contributed by atoms with Crippen molar-refractivity contribution in [3.8, 4) is 10.7 Å². The summed E-state index contributed by atoms with van der Waals surface area (Å²) in [5, 5.41) is 2.61. The van der Waals surface area contributed by atoms with Gasteiger partial charge in [0.1, 0.15) is 5.82 Å². The summed E-state index contributed by atoms with van der Waals surface area (Å²) in [6.45, 7) is 0. The molecule has 0 aliphatic rings. The molecular weight excluding hydrogens is 302 g/mol. The molecule has 0 spiro atoms. The second-order valence-electron chi connectivity index (χ2n) is 4.74. The van der Waals surface area contributed by atoms with Crippen molar-refractivity contribution in [1.29, 1.82) is 0 Å². The zero-order valence-electron chi connectivity index (χ0n) is 10.9. The van der Waals surface area contributed by atoms with Crippen molar-refractivity contribution >= 4 is 49.7 Å². The van der Waals surface area contributed by atoms with Crippen molar-refractivity contribution in [2.24, 2.45) is 0 Å². The summed E-state index contributed by atoms with van der Waals surface area (Å²) >= 11 is 7.66. The summed E-state index contributed by atoms with van der Waals surface area (Å²) in [6, 6.07) is 15.8. The Morgan fingerprint density at radius 3 is 2.71 bits per heavy atom. The lowest BCUT2D eigenvalue weighted by Crippen LogP contribution is -1.96. The zero-order chi connectivity index (χ0) is 14.4. The van der Waals surface area contributed by atoms with Crippen molar-refractivity contribution in [3.05, 3.63) is 53.6 Å². The van der Waals surface area contributed by atoms with E-state index in [4.69, 9.17) is 17.3 Å². The van der Waals surface area contributed by atoms with E-state index in [2.05, 4.69) is 28.2 Å². The van der Waals surface area contributed by atoms with Gasteiger partial charge in [-0.1, -0.05) is 29.8 Å². The fourth-order valence-electron chi connectivity index (χ4n) is 2.33. The Kier molecular flexibility index (Phi) is 2.80. The molecule has 21 heavy (non-hydrogen) atoms. The molecule has 4 rings (SSSR count). The Morgan fingerprint density at radius 1 is 1.00 bits per heavy atom. The summed E-state index contributed by atoms with van der Waals surface area (Å²) < 4.78 is 1.21. The molecule has 4 aromatic rings. The smallest absolute Gasteiger partial charge is 0.172 e. The molecule has 0 atom stereocenters. The number of hydrogen-bond acceptors (Lipinski definition) is 4. The van der Waals surface area contributed by atoms with Crippen LogP contribution in [0.5, 0.6) is 0 Å². The number of halogens is 1. The fourth-order valence-corrected chi connectivity index (χ4v) is 3.50. The molecule has 2 aromatic heterocycles. The molecular formula is C16H10ClN3S. The average Bonchev–Trinajstić information content (AvgIpc) is 2.92. The minimum absolute atomic E-state index is 0.454. The lowest BCUT2D eigenvalue weighted by molar-refractivity contribution is 1.25. The number of thiophene rings is 1. The summed E-state index contributed by atoms with van der Waals surface area (Å²) in [5.41, 5.74) is 6.86. The second-order valence-corrected chi connectivity index (χ2v) is 6.26. The fraction of sp³-hybridized carbons (Fsp3) is 0. The van der Waals surface area contributed by atoms with Crippen LogP contribution in [0.25, 0.3) is 31.7 Å². The van der Waals surface area contributed by atoms with E-state index in [-0.39, 0.29) is 0 Å². The highest BCUT2D eigenvalue weighted by Crippen LogP contribution is 2.33. The molecule has 2 aromatic carbocycles. The highest BCUT2D eigenvalue weighted by molar-refractivity contribution is 7.22. The van der Waals surface area contributed by atoms with E-state index >= 15 is 0 Å². The van der Waals surface area contributed by atoms with Gasteiger partial charge in [0.15, 0.2) is 5.82 Å². The molecule has 0 saturated carbocycles. The van der Waals surface area contributed by atoms with Gasteiger partial charge < -0.3 is 5.73 Å². The van der Waals surface area contributed by atoms with E-state index in [0.717, 1.165) is 15.8 Å². The number of hydrogen-bond donors (Lipinski definition) is 1. The largest absolute Gasteiger partial charge is 0.383 e. The Labute approximate surface area is 130 Å². The summed E-state index contributed by atoms with van der Waals surface area (Å²) in [7, 11) is 0. The SMILES string of the molecule is Nc1nc(-c2cc3ccccc3s2)nc2ccc(Cl)cc12. The number of nitrogens with two attached hydrogens (primary N) is 1. The van der Waals surface area contributed by atoms with Crippen LogP contribution in [-0.4, -0.2) is 9.97 Å². The number of rotatable bonds is 1. The Balaban J connectivity index is 1.95. The van der Waals surface area contributed by atoms with Gasteiger partial charge in [0.05, 0.1) is 10.4 Å². The number of nitrogens with zero attached hydrogens (tertiary/aromatic N) is 2. The predicted octanol–water partition coefficient (Wildman–Crippen LogP) is 4.75. The molecule has 102 valence electrons. The topological polar surface area (TPSA) is 51.8 Å². The van der Waals surface area contributed by atoms with Crippen LogP contribution in [0.4, 0.5) is 5.82 Å². The standard InChI is InChI=1S/C16H10ClN3S/c17-10-5-6-12-11(8-10)15(18)20-16(19-12)14-7-9-3-1-2-4-13(9)21-14/h1-8H,(H2,18,19,20). The maximum absolute atomic E-state index is 6.05. The zero-order valence-corrected chi connectivity index (χ0v) is 12.4. The quantitative estimate of drug-likeness (QED) is 0.552. The molecule has 0 saturated heterocycles. The molecule has 2 N–H and O–H groups in total. The van der Waals surface area contributed by atoms with Gasteiger partial charge >= 0.3 is 0 Å². The lowest BCUT2D eigenvalue weighted by Gasteiger charge is -2.04. The van der Waals surface area contributed by atoms with Crippen LogP contribution in [0.1, 0.15) is 0 Å². The number of anilines is 1. The number of nitrogen functional groups attached to an aromatic ring is 1. The molecule has 0 unspecified atom stereocenters. The van der Waals surface area contributed by atoms with Gasteiger partial charge in [-0.2, -0.15) is 0 Å². The molecule has 0 fully saturated rings. The summed E-state index contributed by atoms with van der Waals surface area (Å²) in [6.07, 6.45) is 0. The third-order valence-corrected chi connectivity index (χ3v) is 4.68. The van der Waals surface area contributed by atoms with Crippen LogP contribution in [0, 0.1) is 0 Å². The average molecular weight is 312 g/mol. The first-order valence-electron chi connectivity index (χ1n) is 6.42. The van der Waals surface area contributed by atoms with E-state index in [1.807, 2.05) is 24.3 Å². The molecule has 0 aliphatic carbocycles. The van der Waals surface area contributed by atoms with Crippen LogP contribution >= 0.6 is 22.9 Å². The van der Waals surface area contributed by atoms with E-state index in [1.165, 1.54) is 10.1 Å². The van der Waals surface area contributed by atoms with Gasteiger partial charge in [0.2, 0.25) is 0 Å². The second kappa shape index (κ2) is 4.69. The number of aromatic nitrogens is 2. The molecule has 0 radical (unpaired) electrons. The Bertz CT molecular complexity index is 945. The minimum atomic E-state index is 0.454. The number of benzene rings is 2. The van der Waals surface area contributed by atoms with Gasteiger partial charge in [-0.15, -0.1) is 11.3 Å². The molecule has 0 aliphatic heterocycles. The van der Waals surface area contributed by atoms with Crippen molar-refractivity contribution in [1.82, 2.24) is 9.97 Å². The van der Waals surface area contributed by atoms with Crippen LogP contribution in [-0.2, 0) is 0 Å². The highest BCUT2D eigenvalue weighted by Gasteiger charge is 2.10. The van der Waals surface area contributed by atoms with Gasteiger partial charge in [0, 0.05) is 15.1 Å². The third kappa shape index (κ3) is 2.13. The minimum Gasteiger partial charge on any atom is -0.383 e. The third-order valence-electron chi connectivity index (χ3n) is 3.33. The molecule has 2 heterocycles. The van der Waals surface area contributed by atoms with Gasteiger partial charge in [-0.05, 0) is 35.7 Å². The summed E-state index contributed by atoms with van der Waals surface area (Å²) in [4.78, 5) is 10.0. The van der Waals surface area contributed by atoms with Gasteiger partial charge in [-0.3, -0.25) is 0 Å². The maximum atomic E-state index is 6.05. The molecule has 5 heteroatoms. The first-order valence-corrected chi connectivity index (χ1v) is 7.62.